The average molecular weight is 345 g/mol. The van der Waals surface area contributed by atoms with Gasteiger partial charge in [-0.2, -0.15) is 5.10 Å². The molecule has 3 N–H and O–H groups in total. The van der Waals surface area contributed by atoms with Gasteiger partial charge in [0.1, 0.15) is 0 Å². The SMILES string of the molecule is CCOC1(C(NN)c2c(Br)cnn2C(C)C)CCCC1. The molecule has 1 saturated carbocycles. The maximum Gasteiger partial charge on any atom is 0.0929 e. The van der Waals surface area contributed by atoms with E-state index in [1.807, 2.05) is 17.8 Å². The summed E-state index contributed by atoms with van der Waals surface area (Å²) in [6.07, 6.45) is 6.28. The minimum absolute atomic E-state index is 0.0516. The van der Waals surface area contributed by atoms with Gasteiger partial charge >= 0.3 is 0 Å². The van der Waals surface area contributed by atoms with E-state index in [1.165, 1.54) is 12.8 Å². The van der Waals surface area contributed by atoms with Crippen molar-refractivity contribution >= 4 is 15.9 Å². The third-order valence-electron chi connectivity index (χ3n) is 4.12. The molecular formula is C14H25BrN4O. The van der Waals surface area contributed by atoms with Crippen LogP contribution in [0.2, 0.25) is 0 Å². The molecule has 1 atom stereocenters. The summed E-state index contributed by atoms with van der Waals surface area (Å²) in [6.45, 7) is 6.99. The van der Waals surface area contributed by atoms with Gasteiger partial charge in [-0.15, -0.1) is 0 Å². The molecule has 1 aliphatic rings. The maximum absolute atomic E-state index is 6.15. The van der Waals surface area contributed by atoms with Gasteiger partial charge in [0.25, 0.3) is 0 Å². The Morgan fingerprint density at radius 3 is 2.65 bits per heavy atom. The Labute approximate surface area is 129 Å². The van der Waals surface area contributed by atoms with E-state index in [9.17, 15) is 0 Å². The van der Waals surface area contributed by atoms with Gasteiger partial charge in [-0.3, -0.25) is 10.5 Å². The van der Waals surface area contributed by atoms with Crippen molar-refractivity contribution in [3.63, 3.8) is 0 Å². The summed E-state index contributed by atoms with van der Waals surface area (Å²) < 4.78 is 9.16. The van der Waals surface area contributed by atoms with Gasteiger partial charge < -0.3 is 4.74 Å². The molecule has 1 aliphatic carbocycles. The number of rotatable bonds is 6. The van der Waals surface area contributed by atoms with E-state index in [2.05, 4.69) is 40.3 Å². The summed E-state index contributed by atoms with van der Waals surface area (Å²) in [5.41, 5.74) is 3.85. The van der Waals surface area contributed by atoms with Crippen molar-refractivity contribution in [3.05, 3.63) is 16.4 Å². The molecule has 1 heterocycles. The van der Waals surface area contributed by atoms with Crippen LogP contribution in [0, 0.1) is 0 Å². The largest absolute Gasteiger partial charge is 0.373 e. The molecule has 0 aliphatic heterocycles. The van der Waals surface area contributed by atoms with Gasteiger partial charge in [-0.25, -0.2) is 5.43 Å². The Morgan fingerprint density at radius 2 is 2.15 bits per heavy atom. The summed E-state index contributed by atoms with van der Waals surface area (Å²) >= 11 is 3.61. The highest BCUT2D eigenvalue weighted by Gasteiger charge is 2.45. The van der Waals surface area contributed by atoms with E-state index < -0.39 is 0 Å². The van der Waals surface area contributed by atoms with Gasteiger partial charge in [0.2, 0.25) is 0 Å². The lowest BCUT2D eigenvalue weighted by Gasteiger charge is -2.37. The third-order valence-corrected chi connectivity index (χ3v) is 4.74. The molecule has 0 saturated heterocycles. The molecule has 20 heavy (non-hydrogen) atoms. The van der Waals surface area contributed by atoms with Crippen LogP contribution in [0.5, 0.6) is 0 Å². The Hall–Kier alpha value is -0.430. The summed E-state index contributed by atoms with van der Waals surface area (Å²) in [5.74, 6) is 5.91. The fourth-order valence-electron chi connectivity index (χ4n) is 3.29. The van der Waals surface area contributed by atoms with E-state index >= 15 is 0 Å². The van der Waals surface area contributed by atoms with Crippen molar-refractivity contribution in [1.29, 1.82) is 0 Å². The van der Waals surface area contributed by atoms with Crippen LogP contribution in [-0.2, 0) is 4.74 Å². The second kappa shape index (κ2) is 6.56. The highest BCUT2D eigenvalue weighted by Crippen LogP contribution is 2.44. The molecule has 114 valence electrons. The summed E-state index contributed by atoms with van der Waals surface area (Å²) in [5, 5.41) is 4.47. The number of ether oxygens (including phenoxy) is 1. The number of nitrogens with zero attached hydrogens (tertiary/aromatic N) is 2. The second-order valence-electron chi connectivity index (χ2n) is 5.72. The average Bonchev–Trinajstić information content (AvgIpc) is 3.00. The highest BCUT2D eigenvalue weighted by molar-refractivity contribution is 9.10. The Kier molecular flexibility index (Phi) is 5.23. The van der Waals surface area contributed by atoms with Crippen LogP contribution < -0.4 is 11.3 Å². The van der Waals surface area contributed by atoms with E-state index in [1.54, 1.807) is 0 Å². The maximum atomic E-state index is 6.15. The number of hydrogen-bond acceptors (Lipinski definition) is 4. The van der Waals surface area contributed by atoms with Gasteiger partial charge in [0.15, 0.2) is 0 Å². The van der Waals surface area contributed by atoms with Crippen LogP contribution in [-0.4, -0.2) is 22.0 Å². The molecule has 1 fully saturated rings. The number of halogens is 1. The minimum Gasteiger partial charge on any atom is -0.373 e. The van der Waals surface area contributed by atoms with Crippen LogP contribution in [0.15, 0.2) is 10.7 Å². The summed E-state index contributed by atoms with van der Waals surface area (Å²) in [7, 11) is 0. The number of hydrogen-bond donors (Lipinski definition) is 2. The first-order valence-electron chi connectivity index (χ1n) is 7.38. The zero-order chi connectivity index (χ0) is 14.8. The molecule has 1 aromatic heterocycles. The molecular weight excluding hydrogens is 320 g/mol. The Bertz CT molecular complexity index is 440. The molecule has 5 nitrogen and oxygen atoms in total. The lowest BCUT2D eigenvalue weighted by molar-refractivity contribution is -0.0649. The van der Waals surface area contributed by atoms with Crippen LogP contribution in [0.3, 0.4) is 0 Å². The van der Waals surface area contributed by atoms with E-state index in [4.69, 9.17) is 10.6 Å². The van der Waals surface area contributed by atoms with Gasteiger partial charge in [0.05, 0.1) is 28.0 Å². The fraction of sp³-hybridized carbons (Fsp3) is 0.786. The Morgan fingerprint density at radius 1 is 1.50 bits per heavy atom. The van der Waals surface area contributed by atoms with Gasteiger partial charge in [-0.05, 0) is 49.5 Å². The predicted octanol–water partition coefficient (Wildman–Crippen LogP) is 3.08. The number of aromatic nitrogens is 2. The van der Waals surface area contributed by atoms with Crippen molar-refractivity contribution in [2.24, 2.45) is 5.84 Å². The van der Waals surface area contributed by atoms with Crippen LogP contribution >= 0.6 is 15.9 Å². The lowest BCUT2D eigenvalue weighted by atomic mass is 9.89. The van der Waals surface area contributed by atoms with Gasteiger partial charge in [-0.1, -0.05) is 12.8 Å². The van der Waals surface area contributed by atoms with Crippen LogP contribution in [0.25, 0.3) is 0 Å². The predicted molar refractivity (Wildman–Crippen MR) is 83.2 cm³/mol. The molecule has 0 aromatic carbocycles. The summed E-state index contributed by atoms with van der Waals surface area (Å²) in [4.78, 5) is 0. The van der Waals surface area contributed by atoms with Crippen molar-refractivity contribution < 1.29 is 4.74 Å². The van der Waals surface area contributed by atoms with Crippen molar-refractivity contribution in [1.82, 2.24) is 15.2 Å². The van der Waals surface area contributed by atoms with E-state index in [0.717, 1.165) is 23.0 Å². The molecule has 0 bridgehead atoms. The van der Waals surface area contributed by atoms with Crippen LogP contribution in [0.1, 0.15) is 64.2 Å². The number of hydrazine groups is 1. The lowest BCUT2D eigenvalue weighted by Crippen LogP contribution is -2.48. The smallest absolute Gasteiger partial charge is 0.0929 e. The molecule has 1 unspecified atom stereocenters. The molecule has 2 rings (SSSR count). The monoisotopic (exact) mass is 344 g/mol. The molecule has 0 radical (unpaired) electrons. The second-order valence-corrected chi connectivity index (χ2v) is 6.57. The number of nitrogens with two attached hydrogens (primary N) is 1. The normalized spacial score (nSPS) is 19.7. The topological polar surface area (TPSA) is 65.1 Å². The van der Waals surface area contributed by atoms with Crippen molar-refractivity contribution in [2.75, 3.05) is 6.61 Å². The standard InChI is InChI=1S/C14H25BrN4O/c1-4-20-14(7-5-6-8-14)13(18-16)12-11(15)9-17-19(12)10(2)3/h9-10,13,18H,4-8,16H2,1-3H3. The third kappa shape index (κ3) is 2.79. The zero-order valence-corrected chi connectivity index (χ0v) is 14.1. The highest BCUT2D eigenvalue weighted by atomic mass is 79.9. The molecule has 0 spiro atoms. The summed E-state index contributed by atoms with van der Waals surface area (Å²) in [6, 6.07) is 0.233. The van der Waals surface area contributed by atoms with Gasteiger partial charge in [0, 0.05) is 12.6 Å². The first-order chi connectivity index (χ1) is 9.55. The first-order valence-corrected chi connectivity index (χ1v) is 8.18. The zero-order valence-electron chi connectivity index (χ0n) is 12.5. The molecule has 0 amide bonds. The van der Waals surface area contributed by atoms with Crippen molar-refractivity contribution in [3.8, 4) is 0 Å². The minimum atomic E-state index is -0.224. The molecule has 1 aromatic rings. The Balaban J connectivity index is 2.43. The van der Waals surface area contributed by atoms with E-state index in [-0.39, 0.29) is 17.7 Å². The molecule has 6 heteroatoms. The van der Waals surface area contributed by atoms with E-state index in [0.29, 0.717) is 6.61 Å². The fourth-order valence-corrected chi connectivity index (χ4v) is 3.79. The number of nitrogens with one attached hydrogen (secondary N) is 1. The quantitative estimate of drug-likeness (QED) is 0.614. The van der Waals surface area contributed by atoms with Crippen LogP contribution in [0.4, 0.5) is 0 Å². The first kappa shape index (κ1) is 15.9. The van der Waals surface area contributed by atoms with Crippen molar-refractivity contribution in [2.45, 2.75) is 64.1 Å².